The van der Waals surface area contributed by atoms with E-state index in [2.05, 4.69) is 58.4 Å². The lowest BCUT2D eigenvalue weighted by molar-refractivity contribution is -0.138. The summed E-state index contributed by atoms with van der Waals surface area (Å²) in [7, 11) is 1.64. The summed E-state index contributed by atoms with van der Waals surface area (Å²) in [5.74, 6) is 4.96. The third-order valence-electron chi connectivity index (χ3n) is 10.3. The number of carbonyl (C=O) groups is 2. The number of aryl methyl sites for hydroxylation is 2. The first kappa shape index (κ1) is 51.2. The van der Waals surface area contributed by atoms with Crippen LogP contribution >= 0.6 is 22.7 Å². The Morgan fingerprint density at radius 2 is 1.87 bits per heavy atom. The maximum Gasteiger partial charge on any atom is 0.410 e. The van der Waals surface area contributed by atoms with Crippen LogP contribution in [-0.4, -0.2) is 109 Å². The van der Waals surface area contributed by atoms with E-state index in [1.807, 2.05) is 43.9 Å². The van der Waals surface area contributed by atoms with Crippen LogP contribution in [0.1, 0.15) is 74.0 Å². The largest absolute Gasteiger partial charge is 0.491 e. The first-order valence-electron chi connectivity index (χ1n) is 22.3. The van der Waals surface area contributed by atoms with E-state index in [1.54, 1.807) is 45.2 Å². The summed E-state index contributed by atoms with van der Waals surface area (Å²) >= 11 is 2.91. The molecule has 15 nitrogen and oxygen atoms in total. The molecule has 6 rings (SSSR count). The Morgan fingerprint density at radius 1 is 1.09 bits per heavy atom. The average molecular weight is 976 g/mol. The van der Waals surface area contributed by atoms with Gasteiger partial charge in [-0.1, -0.05) is 55.0 Å². The Kier molecular flexibility index (Phi) is 17.0. The van der Waals surface area contributed by atoms with Crippen molar-refractivity contribution in [1.82, 2.24) is 24.6 Å². The second-order valence-electron chi connectivity index (χ2n) is 18.8. The number of fused-ring (bicyclic) bond motifs is 1. The molecule has 0 spiro atoms. The SMILES string of the molecule is COC(=O)c1nc(N(CCC2COC(C)(C)O2)c2cc(C)c(/N=c3\sc4ccccc4n3COCC[Si](C)(C)C)nn2)sc1CCCOc1ccc(C#CCN(C)C(=O)OC(C)(C)C)cc1F. The minimum atomic E-state index is -1.26. The van der Waals surface area contributed by atoms with Crippen molar-refractivity contribution in [3.63, 3.8) is 0 Å². The van der Waals surface area contributed by atoms with Crippen molar-refractivity contribution in [1.29, 1.82) is 0 Å². The molecule has 19 heteroatoms. The van der Waals surface area contributed by atoms with E-state index in [9.17, 15) is 9.59 Å². The summed E-state index contributed by atoms with van der Waals surface area (Å²) in [4.78, 5) is 39.9. The maximum atomic E-state index is 15.1. The van der Waals surface area contributed by atoms with Gasteiger partial charge in [0.25, 0.3) is 0 Å². The van der Waals surface area contributed by atoms with Gasteiger partial charge in [0.15, 0.2) is 44.6 Å². The molecule has 360 valence electrons. The first-order chi connectivity index (χ1) is 31.7. The van der Waals surface area contributed by atoms with Crippen molar-refractivity contribution in [2.24, 2.45) is 4.99 Å². The van der Waals surface area contributed by atoms with Gasteiger partial charge in [0, 0.05) is 38.7 Å². The van der Waals surface area contributed by atoms with Crippen molar-refractivity contribution in [2.45, 2.75) is 111 Å². The molecule has 3 aromatic heterocycles. The summed E-state index contributed by atoms with van der Waals surface area (Å²) in [6.45, 7) is 20.3. The zero-order valence-electron chi connectivity index (χ0n) is 40.4. The number of methoxy groups -OCH3 is 1. The van der Waals surface area contributed by atoms with Gasteiger partial charge in [-0.25, -0.2) is 19.0 Å². The normalized spacial score (nSPS) is 15.0. The molecule has 67 heavy (non-hydrogen) atoms. The third kappa shape index (κ3) is 14.6. The number of ether oxygens (including phenoxy) is 6. The number of para-hydroxylation sites is 1. The summed E-state index contributed by atoms with van der Waals surface area (Å²) in [5.41, 5.74) is 1.82. The highest BCUT2D eigenvalue weighted by Crippen LogP contribution is 2.35. The van der Waals surface area contributed by atoms with Gasteiger partial charge in [-0.2, -0.15) is 4.99 Å². The van der Waals surface area contributed by atoms with Crippen LogP contribution < -0.4 is 14.4 Å². The van der Waals surface area contributed by atoms with E-state index >= 15 is 4.39 Å². The minimum Gasteiger partial charge on any atom is -0.491 e. The predicted molar refractivity (Wildman–Crippen MR) is 262 cm³/mol. The molecule has 0 radical (unpaired) electrons. The van der Waals surface area contributed by atoms with Crippen LogP contribution in [-0.2, 0) is 36.8 Å². The van der Waals surface area contributed by atoms with E-state index < -0.39 is 37.3 Å². The van der Waals surface area contributed by atoms with Crippen molar-refractivity contribution < 1.29 is 42.4 Å². The Bertz CT molecular complexity index is 2660. The topological polar surface area (TPSA) is 152 Å². The number of aromatic nitrogens is 4. The van der Waals surface area contributed by atoms with Crippen LogP contribution in [0.5, 0.6) is 5.75 Å². The van der Waals surface area contributed by atoms with E-state index in [0.717, 1.165) is 26.6 Å². The Morgan fingerprint density at radius 3 is 2.55 bits per heavy atom. The molecule has 5 aromatic rings. The van der Waals surface area contributed by atoms with E-state index in [4.69, 9.17) is 38.4 Å². The van der Waals surface area contributed by atoms with Crippen LogP contribution in [0.4, 0.5) is 26.0 Å². The predicted octanol–water partition coefficient (Wildman–Crippen LogP) is 9.64. The number of hydrogen-bond donors (Lipinski definition) is 0. The number of hydrogen-bond acceptors (Lipinski definition) is 15. The Hall–Kier alpha value is -5.23. The van der Waals surface area contributed by atoms with Crippen LogP contribution in [0.2, 0.25) is 25.7 Å². The standard InChI is InChI=1S/C48H62FN7O8S2Si/c1-32-28-40(52-53-42(32)51-45-56(31-60-26-27-67(9,10)11)36-17-12-13-18-38(36)65-45)55(24-22-34-30-62-48(5,6)63-34)44-50-41(43(57)59-8)39(66-44)19-15-25-61-37-21-20-33(29-35(37)49)16-14-23-54(7)46(58)64-47(2,3)4/h12-13,17-18,20-21,28-29,34H,15,19,22-27,30-31H2,1-11H3/b51-45-. The Labute approximate surface area is 401 Å². The molecule has 1 aliphatic rings. The van der Waals surface area contributed by atoms with Gasteiger partial charge in [0.05, 0.1) is 43.2 Å². The second-order valence-corrected chi connectivity index (χ2v) is 26.5. The minimum absolute atomic E-state index is 0.0687. The number of thiazole rings is 2. The fourth-order valence-electron chi connectivity index (χ4n) is 6.70. The number of amides is 1. The molecule has 0 N–H and O–H groups in total. The van der Waals surface area contributed by atoms with Crippen molar-refractivity contribution in [3.8, 4) is 17.6 Å². The zero-order valence-corrected chi connectivity index (χ0v) is 43.0. The zero-order chi connectivity index (χ0) is 48.5. The average Bonchev–Trinajstić information content (AvgIpc) is 3.95. The molecule has 4 heterocycles. The van der Waals surface area contributed by atoms with Gasteiger partial charge >= 0.3 is 12.1 Å². The monoisotopic (exact) mass is 975 g/mol. The molecule has 1 atom stereocenters. The Balaban J connectivity index is 1.19. The number of rotatable bonds is 18. The number of nitrogens with zero attached hydrogens (tertiary/aromatic N) is 7. The van der Waals surface area contributed by atoms with E-state index in [0.29, 0.717) is 73.0 Å². The van der Waals surface area contributed by atoms with Gasteiger partial charge in [-0.3, -0.25) is 4.57 Å². The molecule has 2 aromatic carbocycles. The molecular weight excluding hydrogens is 914 g/mol. The molecule has 0 aliphatic carbocycles. The summed E-state index contributed by atoms with van der Waals surface area (Å²) in [6.07, 6.45) is 0.749. The molecular formula is C48H62FN7O8S2Si. The molecule has 1 fully saturated rings. The van der Waals surface area contributed by atoms with Gasteiger partial charge in [0.2, 0.25) is 0 Å². The molecule has 1 saturated heterocycles. The fourth-order valence-corrected chi connectivity index (χ4v) is 9.61. The first-order valence-corrected chi connectivity index (χ1v) is 27.6. The molecule has 1 unspecified atom stereocenters. The van der Waals surface area contributed by atoms with Gasteiger partial charge < -0.3 is 38.2 Å². The van der Waals surface area contributed by atoms with Gasteiger partial charge in [-0.05, 0) is 109 Å². The molecule has 0 saturated carbocycles. The highest BCUT2D eigenvalue weighted by molar-refractivity contribution is 7.16. The lowest BCUT2D eigenvalue weighted by atomic mass is 10.2. The molecule has 0 bridgehead atoms. The summed E-state index contributed by atoms with van der Waals surface area (Å²) in [6, 6.07) is 15.6. The smallest absolute Gasteiger partial charge is 0.410 e. The van der Waals surface area contributed by atoms with E-state index in [1.165, 1.54) is 35.5 Å². The number of esters is 1. The van der Waals surface area contributed by atoms with E-state index in [-0.39, 0.29) is 30.7 Å². The molecule has 1 amide bonds. The number of halogens is 1. The second kappa shape index (κ2) is 22.3. The lowest BCUT2D eigenvalue weighted by Crippen LogP contribution is -2.34. The third-order valence-corrected chi connectivity index (χ3v) is 14.2. The fraction of sp³-hybridized carbons (Fsp3) is 0.500. The van der Waals surface area contributed by atoms with Crippen LogP contribution in [0.3, 0.4) is 0 Å². The summed E-state index contributed by atoms with van der Waals surface area (Å²) < 4.78 is 52.8. The number of anilines is 2. The van der Waals surface area contributed by atoms with Gasteiger partial charge in [-0.15, -0.1) is 21.5 Å². The summed E-state index contributed by atoms with van der Waals surface area (Å²) in [5, 5.41) is 9.85. The van der Waals surface area contributed by atoms with Gasteiger partial charge in [0.1, 0.15) is 12.3 Å². The highest BCUT2D eigenvalue weighted by atomic mass is 32.1. The van der Waals surface area contributed by atoms with Crippen LogP contribution in [0.15, 0.2) is 53.5 Å². The van der Waals surface area contributed by atoms with Crippen LogP contribution in [0, 0.1) is 24.6 Å². The number of benzene rings is 2. The molecule has 1 aliphatic heterocycles. The quantitative estimate of drug-likeness (QED) is 0.0356. The van der Waals surface area contributed by atoms with Crippen molar-refractivity contribution >= 4 is 69.8 Å². The lowest BCUT2D eigenvalue weighted by Gasteiger charge is -2.23. The number of carbonyl (C=O) groups excluding carboxylic acids is 2. The highest BCUT2D eigenvalue weighted by Gasteiger charge is 2.33. The van der Waals surface area contributed by atoms with Crippen molar-refractivity contribution in [2.75, 3.05) is 52.0 Å². The maximum absolute atomic E-state index is 15.1. The van der Waals surface area contributed by atoms with Crippen molar-refractivity contribution in [3.05, 3.63) is 80.8 Å². The van der Waals surface area contributed by atoms with Crippen LogP contribution in [0.25, 0.3) is 10.2 Å².